The predicted octanol–water partition coefficient (Wildman–Crippen LogP) is 6.38. The minimum Gasteiger partial charge on any atom is -0.491 e. The maximum atomic E-state index is 15.0. The van der Waals surface area contributed by atoms with Gasteiger partial charge in [0.1, 0.15) is 23.0 Å². The molecule has 4 aromatic carbocycles. The SMILES string of the molecule is CC(=O)Oc1ccc(C(=O)[C@@H]2[C@H](C(=O)c3ccc(OC(C)C)cc3)[C@@]3(C(=O)Nc4ccccc43)[C@@H]3c4ccccc4C=CN23)cc1. The van der Waals surface area contributed by atoms with Crippen LogP contribution >= 0.6 is 0 Å². The maximum absolute atomic E-state index is 15.0. The lowest BCUT2D eigenvalue weighted by Gasteiger charge is -2.38. The summed E-state index contributed by atoms with van der Waals surface area (Å²) >= 11 is 0. The standard InChI is InChI=1S/C38H32N2O6/c1-22(2)45-27-16-12-25(13-17-27)34(42)32-33(35(43)26-14-18-28(19-15-26)46-23(3)41)40-21-20-24-8-4-5-9-29(24)36(40)38(32)30-10-6-7-11-31(30)39-37(38)44/h4-22,32-33,36H,1-3H3,(H,39,44)/t32-,33+,36+,38-/m1/s1. The van der Waals surface area contributed by atoms with E-state index in [2.05, 4.69) is 5.32 Å². The van der Waals surface area contributed by atoms with E-state index < -0.39 is 29.4 Å². The number of hydrogen-bond acceptors (Lipinski definition) is 7. The fourth-order valence-corrected chi connectivity index (χ4v) is 7.34. The number of benzene rings is 4. The van der Waals surface area contributed by atoms with E-state index in [0.29, 0.717) is 33.9 Å². The van der Waals surface area contributed by atoms with Crippen LogP contribution in [0.2, 0.25) is 0 Å². The van der Waals surface area contributed by atoms with Crippen molar-refractivity contribution in [1.82, 2.24) is 4.90 Å². The first kappa shape index (κ1) is 29.2. The number of amides is 1. The lowest BCUT2D eigenvalue weighted by molar-refractivity contribution is -0.131. The number of para-hydroxylation sites is 1. The number of rotatable bonds is 7. The van der Waals surface area contributed by atoms with E-state index in [-0.39, 0.29) is 23.6 Å². The number of esters is 1. The summed E-state index contributed by atoms with van der Waals surface area (Å²) in [7, 11) is 0. The average molecular weight is 613 g/mol. The zero-order valence-electron chi connectivity index (χ0n) is 25.6. The van der Waals surface area contributed by atoms with Crippen LogP contribution in [0.5, 0.6) is 11.5 Å². The van der Waals surface area contributed by atoms with Crippen molar-refractivity contribution in [2.24, 2.45) is 5.92 Å². The zero-order valence-corrected chi connectivity index (χ0v) is 25.6. The van der Waals surface area contributed by atoms with Gasteiger partial charge in [0, 0.05) is 29.9 Å². The van der Waals surface area contributed by atoms with Crippen LogP contribution in [0.15, 0.2) is 103 Å². The molecule has 8 nitrogen and oxygen atoms in total. The van der Waals surface area contributed by atoms with E-state index in [1.54, 1.807) is 48.5 Å². The number of fused-ring (bicyclic) bond motifs is 6. The van der Waals surface area contributed by atoms with Crippen LogP contribution in [0.3, 0.4) is 0 Å². The summed E-state index contributed by atoms with van der Waals surface area (Å²) in [5.74, 6) is -1.63. The Kier molecular flexibility index (Phi) is 7.08. The molecule has 1 spiro atoms. The summed E-state index contributed by atoms with van der Waals surface area (Å²) in [4.78, 5) is 57.7. The Bertz CT molecular complexity index is 1910. The molecule has 230 valence electrons. The number of carbonyl (C=O) groups excluding carboxylic acids is 4. The fourth-order valence-electron chi connectivity index (χ4n) is 7.34. The van der Waals surface area contributed by atoms with Crippen molar-refractivity contribution in [3.05, 3.63) is 131 Å². The Labute approximate surface area is 266 Å². The first-order valence-corrected chi connectivity index (χ1v) is 15.3. The number of ether oxygens (including phenoxy) is 2. The van der Waals surface area contributed by atoms with E-state index in [1.807, 2.05) is 79.6 Å². The Morgan fingerprint density at radius 1 is 0.804 bits per heavy atom. The normalized spacial score (nSPS) is 22.2. The molecular formula is C38H32N2O6. The summed E-state index contributed by atoms with van der Waals surface area (Å²) in [5, 5.41) is 3.06. The predicted molar refractivity (Wildman–Crippen MR) is 173 cm³/mol. The van der Waals surface area contributed by atoms with Gasteiger partial charge in [-0.25, -0.2) is 0 Å². The lowest BCUT2D eigenvalue weighted by atomic mass is 9.62. The first-order valence-electron chi connectivity index (χ1n) is 15.3. The molecule has 1 saturated heterocycles. The Morgan fingerprint density at radius 3 is 2.13 bits per heavy atom. The molecule has 0 aliphatic carbocycles. The second-order valence-electron chi connectivity index (χ2n) is 12.1. The third kappa shape index (κ3) is 4.52. The Balaban J connectivity index is 1.44. The van der Waals surface area contributed by atoms with E-state index in [9.17, 15) is 19.2 Å². The lowest BCUT2D eigenvalue weighted by Crippen LogP contribution is -2.49. The molecule has 1 fully saturated rings. The molecule has 0 saturated carbocycles. The van der Waals surface area contributed by atoms with Gasteiger partial charge in [0.2, 0.25) is 5.91 Å². The fraction of sp³-hybridized carbons (Fsp3) is 0.211. The zero-order chi connectivity index (χ0) is 32.2. The summed E-state index contributed by atoms with van der Waals surface area (Å²) in [6.45, 7) is 5.15. The Hall–Kier alpha value is -5.50. The van der Waals surface area contributed by atoms with Gasteiger partial charge in [-0.2, -0.15) is 0 Å². The quantitative estimate of drug-likeness (QED) is 0.147. The van der Waals surface area contributed by atoms with Crippen LogP contribution in [0, 0.1) is 5.92 Å². The average Bonchev–Trinajstić information content (AvgIpc) is 3.52. The van der Waals surface area contributed by atoms with E-state index in [0.717, 1.165) is 11.1 Å². The molecular weight excluding hydrogens is 580 g/mol. The molecule has 0 bridgehead atoms. The highest BCUT2D eigenvalue weighted by Gasteiger charge is 2.70. The second-order valence-corrected chi connectivity index (χ2v) is 12.1. The van der Waals surface area contributed by atoms with Gasteiger partial charge in [0.05, 0.1) is 18.1 Å². The number of nitrogens with zero attached hydrogens (tertiary/aromatic N) is 1. The topological polar surface area (TPSA) is 102 Å². The molecule has 3 heterocycles. The third-order valence-electron chi connectivity index (χ3n) is 9.03. The number of ketones is 2. The van der Waals surface area contributed by atoms with Crippen molar-refractivity contribution in [3.8, 4) is 11.5 Å². The van der Waals surface area contributed by atoms with Gasteiger partial charge >= 0.3 is 5.97 Å². The number of Topliss-reactive ketones (excluding diaryl/α,β-unsaturated/α-hetero) is 2. The van der Waals surface area contributed by atoms with E-state index in [1.165, 1.54) is 6.92 Å². The third-order valence-corrected chi connectivity index (χ3v) is 9.03. The second kappa shape index (κ2) is 11.1. The van der Waals surface area contributed by atoms with Crippen LogP contribution in [0.4, 0.5) is 5.69 Å². The van der Waals surface area contributed by atoms with E-state index in [4.69, 9.17) is 9.47 Å². The maximum Gasteiger partial charge on any atom is 0.308 e. The monoisotopic (exact) mass is 612 g/mol. The highest BCUT2D eigenvalue weighted by molar-refractivity contribution is 6.16. The van der Waals surface area contributed by atoms with Gasteiger partial charge in [0.25, 0.3) is 0 Å². The van der Waals surface area contributed by atoms with E-state index >= 15 is 0 Å². The van der Waals surface area contributed by atoms with Crippen LogP contribution in [0.25, 0.3) is 6.08 Å². The summed E-state index contributed by atoms with van der Waals surface area (Å²) < 4.78 is 11.0. The molecule has 1 N–H and O–H groups in total. The van der Waals surface area contributed by atoms with Crippen molar-refractivity contribution < 1.29 is 28.7 Å². The summed E-state index contributed by atoms with van der Waals surface area (Å²) in [6.07, 6.45) is 3.72. The summed E-state index contributed by atoms with van der Waals surface area (Å²) in [6, 6.07) is 26.7. The number of carbonyl (C=O) groups is 4. The molecule has 46 heavy (non-hydrogen) atoms. The van der Waals surface area contributed by atoms with Gasteiger partial charge in [-0.05, 0) is 91.2 Å². The molecule has 4 atom stereocenters. The van der Waals surface area contributed by atoms with Gasteiger partial charge < -0.3 is 19.7 Å². The van der Waals surface area contributed by atoms with Crippen molar-refractivity contribution in [3.63, 3.8) is 0 Å². The first-order chi connectivity index (χ1) is 22.2. The molecule has 0 aromatic heterocycles. The summed E-state index contributed by atoms with van der Waals surface area (Å²) in [5.41, 5.74) is 2.35. The number of anilines is 1. The molecule has 4 aromatic rings. The van der Waals surface area contributed by atoms with Crippen molar-refractivity contribution >= 4 is 35.2 Å². The molecule has 8 heteroatoms. The van der Waals surface area contributed by atoms with Crippen LogP contribution in [-0.4, -0.2) is 40.5 Å². The molecule has 3 aliphatic rings. The number of nitrogens with one attached hydrogen (secondary N) is 1. The van der Waals surface area contributed by atoms with Crippen molar-refractivity contribution in [2.45, 2.75) is 44.4 Å². The van der Waals surface area contributed by atoms with Gasteiger partial charge in [-0.3, -0.25) is 19.2 Å². The molecule has 0 radical (unpaired) electrons. The van der Waals surface area contributed by atoms with Crippen LogP contribution in [-0.2, 0) is 15.0 Å². The van der Waals surface area contributed by atoms with Crippen molar-refractivity contribution in [2.75, 3.05) is 5.32 Å². The van der Waals surface area contributed by atoms with Gasteiger partial charge in [-0.1, -0.05) is 42.5 Å². The largest absolute Gasteiger partial charge is 0.491 e. The molecule has 0 unspecified atom stereocenters. The minimum atomic E-state index is -1.43. The highest BCUT2D eigenvalue weighted by Crippen LogP contribution is 2.62. The minimum absolute atomic E-state index is 0.0460. The van der Waals surface area contributed by atoms with Crippen LogP contribution < -0.4 is 14.8 Å². The Morgan fingerprint density at radius 2 is 1.43 bits per heavy atom. The highest BCUT2D eigenvalue weighted by atomic mass is 16.5. The van der Waals surface area contributed by atoms with Gasteiger partial charge in [-0.15, -0.1) is 0 Å². The molecule has 1 amide bonds. The van der Waals surface area contributed by atoms with Crippen LogP contribution in [0.1, 0.15) is 64.2 Å². The number of hydrogen-bond donors (Lipinski definition) is 1. The van der Waals surface area contributed by atoms with Gasteiger partial charge in [0.15, 0.2) is 11.6 Å². The van der Waals surface area contributed by atoms with Crippen molar-refractivity contribution in [1.29, 1.82) is 0 Å². The smallest absolute Gasteiger partial charge is 0.308 e. The molecule has 7 rings (SSSR count). The molecule has 3 aliphatic heterocycles.